The van der Waals surface area contributed by atoms with Crippen LogP contribution in [0, 0.1) is 0 Å². The number of benzene rings is 1. The molecular weight excluding hydrogens is 264 g/mol. The molecule has 1 atom stereocenters. The molecule has 0 amide bonds. The van der Waals surface area contributed by atoms with E-state index in [9.17, 15) is 0 Å². The standard InChI is InChI=1S/C14H15ClN2S/c1-9(13-5-6-14(15)18-13)17-7-10-3-2-4-12(16)11(10)8-17/h2-6,9H,7-8,16H2,1H3. The maximum Gasteiger partial charge on any atom is 0.0931 e. The quantitative estimate of drug-likeness (QED) is 0.840. The number of nitrogens with zero attached hydrogens (tertiary/aromatic N) is 1. The molecule has 2 heterocycles. The highest BCUT2D eigenvalue weighted by atomic mass is 35.5. The van der Waals surface area contributed by atoms with Gasteiger partial charge >= 0.3 is 0 Å². The van der Waals surface area contributed by atoms with E-state index < -0.39 is 0 Å². The Balaban J connectivity index is 1.83. The molecular formula is C14H15ClN2S. The van der Waals surface area contributed by atoms with Crippen molar-refractivity contribution in [3.8, 4) is 0 Å². The molecule has 1 aliphatic rings. The van der Waals surface area contributed by atoms with E-state index >= 15 is 0 Å². The number of fused-ring (bicyclic) bond motifs is 1. The monoisotopic (exact) mass is 278 g/mol. The van der Waals surface area contributed by atoms with Gasteiger partial charge in [0.05, 0.1) is 4.34 Å². The van der Waals surface area contributed by atoms with Crippen LogP contribution in [0.3, 0.4) is 0 Å². The summed E-state index contributed by atoms with van der Waals surface area (Å²) in [7, 11) is 0. The van der Waals surface area contributed by atoms with Crippen LogP contribution in [0.25, 0.3) is 0 Å². The second-order valence-corrected chi connectivity index (χ2v) is 6.45. The Morgan fingerprint density at radius 3 is 2.78 bits per heavy atom. The van der Waals surface area contributed by atoms with E-state index in [1.54, 1.807) is 11.3 Å². The van der Waals surface area contributed by atoms with Gasteiger partial charge in [-0.25, -0.2) is 0 Å². The second-order valence-electron chi connectivity index (χ2n) is 4.71. The second kappa shape index (κ2) is 4.57. The molecule has 0 bridgehead atoms. The Hall–Kier alpha value is -1.03. The van der Waals surface area contributed by atoms with Crippen molar-refractivity contribution in [2.24, 2.45) is 0 Å². The number of anilines is 1. The van der Waals surface area contributed by atoms with Crippen LogP contribution >= 0.6 is 22.9 Å². The van der Waals surface area contributed by atoms with Crippen molar-refractivity contribution in [1.82, 2.24) is 4.90 Å². The summed E-state index contributed by atoms with van der Waals surface area (Å²) in [5.41, 5.74) is 9.58. The van der Waals surface area contributed by atoms with E-state index in [-0.39, 0.29) is 0 Å². The zero-order valence-electron chi connectivity index (χ0n) is 10.2. The summed E-state index contributed by atoms with van der Waals surface area (Å²) in [6.07, 6.45) is 0. The van der Waals surface area contributed by atoms with Crippen LogP contribution in [0.4, 0.5) is 5.69 Å². The van der Waals surface area contributed by atoms with Gasteiger partial charge in [-0.15, -0.1) is 11.3 Å². The molecule has 2 aromatic rings. The summed E-state index contributed by atoms with van der Waals surface area (Å²) in [4.78, 5) is 3.75. The minimum Gasteiger partial charge on any atom is -0.398 e. The average molecular weight is 279 g/mol. The SMILES string of the molecule is CC(c1ccc(Cl)s1)N1Cc2cccc(N)c2C1. The minimum atomic E-state index is 0.384. The first-order valence-electron chi connectivity index (χ1n) is 6.00. The molecule has 0 saturated carbocycles. The fraction of sp³-hybridized carbons (Fsp3) is 0.286. The number of thiophene rings is 1. The summed E-state index contributed by atoms with van der Waals surface area (Å²) in [5.74, 6) is 0. The fourth-order valence-electron chi connectivity index (χ4n) is 2.48. The number of rotatable bonds is 2. The third-order valence-electron chi connectivity index (χ3n) is 3.60. The number of hydrogen-bond acceptors (Lipinski definition) is 3. The van der Waals surface area contributed by atoms with E-state index in [4.69, 9.17) is 17.3 Å². The van der Waals surface area contributed by atoms with Gasteiger partial charge in [-0.2, -0.15) is 0 Å². The molecule has 0 saturated heterocycles. The van der Waals surface area contributed by atoms with Crippen molar-refractivity contribution >= 4 is 28.6 Å². The lowest BCUT2D eigenvalue weighted by Crippen LogP contribution is -2.20. The predicted octanol–water partition coefficient (Wildman–Crippen LogP) is 4.06. The van der Waals surface area contributed by atoms with Crippen LogP contribution < -0.4 is 5.73 Å². The molecule has 0 spiro atoms. The predicted molar refractivity (Wildman–Crippen MR) is 77.8 cm³/mol. The smallest absolute Gasteiger partial charge is 0.0931 e. The molecule has 3 rings (SSSR count). The molecule has 4 heteroatoms. The van der Waals surface area contributed by atoms with Crippen LogP contribution in [-0.4, -0.2) is 4.90 Å². The van der Waals surface area contributed by atoms with Gasteiger partial charge in [-0.1, -0.05) is 23.7 Å². The van der Waals surface area contributed by atoms with Crippen molar-refractivity contribution in [3.63, 3.8) is 0 Å². The summed E-state index contributed by atoms with van der Waals surface area (Å²) >= 11 is 7.66. The van der Waals surface area contributed by atoms with Crippen molar-refractivity contribution < 1.29 is 0 Å². The highest BCUT2D eigenvalue weighted by Gasteiger charge is 2.26. The zero-order chi connectivity index (χ0) is 12.7. The summed E-state index contributed by atoms with van der Waals surface area (Å²) in [6.45, 7) is 4.12. The largest absolute Gasteiger partial charge is 0.398 e. The van der Waals surface area contributed by atoms with E-state index in [0.29, 0.717) is 6.04 Å². The Kier molecular flexibility index (Phi) is 3.06. The number of hydrogen-bond donors (Lipinski definition) is 1. The van der Waals surface area contributed by atoms with Crippen molar-refractivity contribution in [3.05, 3.63) is 50.7 Å². The molecule has 18 heavy (non-hydrogen) atoms. The summed E-state index contributed by atoms with van der Waals surface area (Å²) in [5, 5.41) is 0. The van der Waals surface area contributed by atoms with Crippen molar-refractivity contribution in [2.75, 3.05) is 5.73 Å². The lowest BCUT2D eigenvalue weighted by Gasteiger charge is -2.22. The number of nitrogen functional groups attached to an aromatic ring is 1. The van der Waals surface area contributed by atoms with Crippen LogP contribution in [0.15, 0.2) is 30.3 Å². The van der Waals surface area contributed by atoms with Gasteiger partial charge in [0.1, 0.15) is 0 Å². The lowest BCUT2D eigenvalue weighted by molar-refractivity contribution is 0.218. The molecule has 0 radical (unpaired) electrons. The molecule has 1 aromatic heterocycles. The van der Waals surface area contributed by atoms with Crippen LogP contribution in [0.2, 0.25) is 4.34 Å². The van der Waals surface area contributed by atoms with Gasteiger partial charge in [0, 0.05) is 29.7 Å². The Morgan fingerprint density at radius 1 is 1.28 bits per heavy atom. The van der Waals surface area contributed by atoms with Crippen molar-refractivity contribution in [1.29, 1.82) is 0 Å². The third kappa shape index (κ3) is 2.03. The molecule has 0 aliphatic carbocycles. The van der Waals surface area contributed by atoms with Gasteiger partial charge in [-0.05, 0) is 36.2 Å². The Labute approximate surface area is 116 Å². The summed E-state index contributed by atoms with van der Waals surface area (Å²) < 4.78 is 0.855. The van der Waals surface area contributed by atoms with Crippen LogP contribution in [0.1, 0.15) is 29.0 Å². The first-order chi connectivity index (χ1) is 8.65. The van der Waals surface area contributed by atoms with Crippen molar-refractivity contribution in [2.45, 2.75) is 26.1 Å². The van der Waals surface area contributed by atoms with E-state index in [1.807, 2.05) is 18.2 Å². The molecule has 2 N–H and O–H groups in total. The lowest BCUT2D eigenvalue weighted by atomic mass is 10.1. The molecule has 94 valence electrons. The zero-order valence-corrected chi connectivity index (χ0v) is 11.8. The maximum atomic E-state index is 6.03. The normalized spacial score (nSPS) is 16.8. The highest BCUT2D eigenvalue weighted by molar-refractivity contribution is 7.16. The average Bonchev–Trinajstić information content (AvgIpc) is 2.95. The molecule has 2 nitrogen and oxygen atoms in total. The first-order valence-corrected chi connectivity index (χ1v) is 7.20. The molecule has 0 fully saturated rings. The van der Waals surface area contributed by atoms with Gasteiger partial charge in [-0.3, -0.25) is 4.90 Å². The summed E-state index contributed by atoms with van der Waals surface area (Å²) in [6, 6.07) is 10.6. The van der Waals surface area contributed by atoms with E-state index in [2.05, 4.69) is 24.0 Å². The third-order valence-corrected chi connectivity index (χ3v) is 5.00. The fourth-order valence-corrected chi connectivity index (χ4v) is 3.63. The van der Waals surface area contributed by atoms with Crippen LogP contribution in [-0.2, 0) is 13.1 Å². The Morgan fingerprint density at radius 2 is 2.11 bits per heavy atom. The van der Waals surface area contributed by atoms with Gasteiger partial charge in [0.15, 0.2) is 0 Å². The van der Waals surface area contributed by atoms with E-state index in [0.717, 1.165) is 23.1 Å². The molecule has 1 unspecified atom stereocenters. The van der Waals surface area contributed by atoms with E-state index in [1.165, 1.54) is 16.0 Å². The first kappa shape index (κ1) is 12.0. The number of halogens is 1. The maximum absolute atomic E-state index is 6.03. The van der Waals surface area contributed by atoms with Gasteiger partial charge in [0.25, 0.3) is 0 Å². The van der Waals surface area contributed by atoms with Crippen LogP contribution in [0.5, 0.6) is 0 Å². The topological polar surface area (TPSA) is 29.3 Å². The van der Waals surface area contributed by atoms with Gasteiger partial charge in [0.2, 0.25) is 0 Å². The molecule has 1 aliphatic heterocycles. The molecule has 1 aromatic carbocycles. The minimum absolute atomic E-state index is 0.384. The highest BCUT2D eigenvalue weighted by Crippen LogP contribution is 2.36. The Bertz CT molecular complexity index is 579. The van der Waals surface area contributed by atoms with Gasteiger partial charge < -0.3 is 5.73 Å². The number of nitrogens with two attached hydrogens (primary N) is 1.